The van der Waals surface area contributed by atoms with Crippen LogP contribution in [0.25, 0.3) is 0 Å². The number of aliphatic hydroxyl groups is 1. The van der Waals surface area contributed by atoms with Crippen LogP contribution in [-0.2, 0) is 42.2 Å². The molecule has 0 fully saturated rings. The third kappa shape index (κ3) is 47.3. The molecule has 0 aliphatic heterocycles. The van der Waals surface area contributed by atoms with E-state index in [1.54, 1.807) is 0 Å². The molecule has 390 valence electrons. The molecule has 0 amide bonds. The van der Waals surface area contributed by atoms with E-state index < -0.39 is 57.8 Å². The molecule has 3 unspecified atom stereocenters. The summed E-state index contributed by atoms with van der Waals surface area (Å²) in [7, 11) is -4.73. The molecule has 0 radical (unpaired) electrons. The van der Waals surface area contributed by atoms with Gasteiger partial charge in [0, 0.05) is 19.3 Å². The first-order chi connectivity index (χ1) is 32.2. The van der Waals surface area contributed by atoms with E-state index in [0.29, 0.717) is 19.3 Å². The Morgan fingerprint density at radius 3 is 1.06 bits per heavy atom. The first-order valence-corrected chi connectivity index (χ1v) is 29.1. The number of carbonyl (C=O) groups excluding carboxylic acids is 3. The van der Waals surface area contributed by atoms with Crippen molar-refractivity contribution in [2.45, 2.75) is 290 Å². The van der Waals surface area contributed by atoms with Crippen LogP contribution in [0.1, 0.15) is 278 Å². The van der Waals surface area contributed by atoms with Crippen molar-refractivity contribution >= 4 is 25.7 Å². The molecule has 0 bridgehead atoms. The molecular formula is C54H103O11P. The number of hydrogen-bond acceptors (Lipinski definition) is 10. The van der Waals surface area contributed by atoms with Crippen LogP contribution in [0.15, 0.2) is 12.2 Å². The smallest absolute Gasteiger partial charge is 0.462 e. The van der Waals surface area contributed by atoms with E-state index >= 15 is 0 Å². The summed E-state index contributed by atoms with van der Waals surface area (Å²) in [4.78, 5) is 48.3. The predicted octanol–water partition coefficient (Wildman–Crippen LogP) is 15.7. The molecule has 0 aromatic rings. The first kappa shape index (κ1) is 64.2. The molecule has 0 aliphatic rings. The number of hydrogen-bond donors (Lipinski definition) is 2. The number of esters is 3. The molecule has 0 heterocycles. The average molecular weight is 959 g/mol. The minimum Gasteiger partial charge on any atom is -0.462 e. The van der Waals surface area contributed by atoms with Gasteiger partial charge < -0.3 is 24.2 Å². The summed E-state index contributed by atoms with van der Waals surface area (Å²) in [5.74, 6) is -1.45. The zero-order valence-electron chi connectivity index (χ0n) is 42.9. The molecule has 0 saturated carbocycles. The Morgan fingerprint density at radius 2 is 0.697 bits per heavy atom. The molecular weight excluding hydrogens is 856 g/mol. The van der Waals surface area contributed by atoms with Gasteiger partial charge in [-0.2, -0.15) is 0 Å². The lowest BCUT2D eigenvalue weighted by Gasteiger charge is -2.21. The fourth-order valence-electron chi connectivity index (χ4n) is 7.94. The molecule has 0 aliphatic carbocycles. The number of unbranched alkanes of at least 4 members (excludes halogenated alkanes) is 33. The van der Waals surface area contributed by atoms with Gasteiger partial charge in [0.1, 0.15) is 12.7 Å². The lowest BCUT2D eigenvalue weighted by atomic mass is 10.0. The lowest BCUT2D eigenvalue weighted by molar-refractivity contribution is -0.161. The summed E-state index contributed by atoms with van der Waals surface area (Å²) >= 11 is 0. The van der Waals surface area contributed by atoms with Gasteiger partial charge in [-0.05, 0) is 44.9 Å². The maximum Gasteiger partial charge on any atom is 0.472 e. The Morgan fingerprint density at radius 1 is 0.409 bits per heavy atom. The Labute approximate surface area is 405 Å². The Balaban J connectivity index is 4.69. The number of rotatable bonds is 52. The molecule has 0 rings (SSSR count). The topological polar surface area (TPSA) is 155 Å². The number of carbonyl (C=O) groups is 3. The van der Waals surface area contributed by atoms with Crippen LogP contribution in [0.4, 0.5) is 0 Å². The summed E-state index contributed by atoms with van der Waals surface area (Å²) in [5, 5.41) is 9.75. The van der Waals surface area contributed by atoms with Crippen molar-refractivity contribution < 1.29 is 52.2 Å². The fourth-order valence-corrected chi connectivity index (χ4v) is 8.72. The van der Waals surface area contributed by atoms with Crippen molar-refractivity contribution in [2.75, 3.05) is 26.4 Å². The number of allylic oxidation sites excluding steroid dienone is 2. The quantitative estimate of drug-likeness (QED) is 0.0197. The average Bonchev–Trinajstić information content (AvgIpc) is 3.30. The predicted molar refractivity (Wildman–Crippen MR) is 270 cm³/mol. The zero-order chi connectivity index (χ0) is 48.4. The van der Waals surface area contributed by atoms with Crippen molar-refractivity contribution in [3.63, 3.8) is 0 Å². The van der Waals surface area contributed by atoms with Crippen molar-refractivity contribution in [1.82, 2.24) is 0 Å². The maximum atomic E-state index is 12.9. The second-order valence-electron chi connectivity index (χ2n) is 18.8. The molecule has 0 saturated heterocycles. The second kappa shape index (κ2) is 49.6. The maximum absolute atomic E-state index is 12.9. The van der Waals surface area contributed by atoms with Gasteiger partial charge in [-0.15, -0.1) is 0 Å². The van der Waals surface area contributed by atoms with Gasteiger partial charge in [-0.1, -0.05) is 226 Å². The van der Waals surface area contributed by atoms with E-state index in [2.05, 4.69) is 32.9 Å². The Hall–Kier alpha value is -1.78. The number of aliphatic hydroxyl groups excluding tert-OH is 1. The van der Waals surface area contributed by atoms with E-state index in [1.165, 1.54) is 141 Å². The molecule has 0 spiro atoms. The first-order valence-electron chi connectivity index (χ1n) is 27.6. The van der Waals surface area contributed by atoms with E-state index in [-0.39, 0.29) is 25.9 Å². The molecule has 12 heteroatoms. The van der Waals surface area contributed by atoms with Crippen LogP contribution in [-0.4, -0.2) is 66.5 Å². The van der Waals surface area contributed by atoms with Crippen LogP contribution >= 0.6 is 7.82 Å². The third-order valence-corrected chi connectivity index (χ3v) is 13.1. The highest BCUT2D eigenvalue weighted by molar-refractivity contribution is 7.47. The van der Waals surface area contributed by atoms with Gasteiger partial charge in [0.05, 0.1) is 19.8 Å². The molecule has 2 N–H and O–H groups in total. The van der Waals surface area contributed by atoms with Gasteiger partial charge in [-0.3, -0.25) is 23.4 Å². The highest BCUT2D eigenvalue weighted by Crippen LogP contribution is 2.43. The van der Waals surface area contributed by atoms with Crippen LogP contribution < -0.4 is 0 Å². The van der Waals surface area contributed by atoms with Crippen LogP contribution in [0, 0.1) is 0 Å². The zero-order valence-corrected chi connectivity index (χ0v) is 43.8. The summed E-state index contributed by atoms with van der Waals surface area (Å²) in [5.41, 5.74) is 0. The van der Waals surface area contributed by atoms with Gasteiger partial charge in [0.2, 0.25) is 0 Å². The van der Waals surface area contributed by atoms with Gasteiger partial charge in [0.15, 0.2) is 6.10 Å². The summed E-state index contributed by atoms with van der Waals surface area (Å²) in [6, 6.07) is 0. The number of phosphoric acid groups is 1. The minimum absolute atomic E-state index is 0.174. The highest BCUT2D eigenvalue weighted by atomic mass is 31.2. The number of phosphoric ester groups is 1. The highest BCUT2D eigenvalue weighted by Gasteiger charge is 2.28. The van der Waals surface area contributed by atoms with Gasteiger partial charge in [0.25, 0.3) is 0 Å². The number of ether oxygens (including phenoxy) is 3. The van der Waals surface area contributed by atoms with Crippen molar-refractivity contribution in [3.8, 4) is 0 Å². The Bertz CT molecular complexity index is 1160. The van der Waals surface area contributed by atoms with Crippen LogP contribution in [0.3, 0.4) is 0 Å². The van der Waals surface area contributed by atoms with Crippen LogP contribution in [0.5, 0.6) is 0 Å². The van der Waals surface area contributed by atoms with Crippen LogP contribution in [0.2, 0.25) is 0 Å². The van der Waals surface area contributed by atoms with Gasteiger partial charge in [-0.25, -0.2) is 4.57 Å². The minimum atomic E-state index is -4.73. The molecule has 3 atom stereocenters. The van der Waals surface area contributed by atoms with Crippen molar-refractivity contribution in [2.24, 2.45) is 0 Å². The summed E-state index contributed by atoms with van der Waals surface area (Å²) < 4.78 is 39.4. The molecule has 11 nitrogen and oxygen atoms in total. The normalized spacial score (nSPS) is 13.5. The van der Waals surface area contributed by atoms with Crippen molar-refractivity contribution in [3.05, 3.63) is 12.2 Å². The summed E-state index contributed by atoms with van der Waals surface area (Å²) in [6.07, 6.45) is 46.1. The molecule has 0 aromatic carbocycles. The summed E-state index contributed by atoms with van der Waals surface area (Å²) in [6.45, 7) is 4.63. The van der Waals surface area contributed by atoms with E-state index in [1.807, 2.05) is 0 Å². The molecule has 66 heavy (non-hydrogen) atoms. The van der Waals surface area contributed by atoms with E-state index in [9.17, 15) is 28.9 Å². The molecule has 0 aromatic heterocycles. The second-order valence-corrected chi connectivity index (χ2v) is 20.2. The SMILES string of the molecule is CCCCCC/C=C\CCCCCCCC(=O)OCC(COP(=O)(O)OCC(CO)OC(=O)CCCCCCCCCCC)OC(=O)CCCCCCCCCCCCCCCCCCC. The third-order valence-electron chi connectivity index (χ3n) is 12.2. The standard InChI is InChI=1S/C54H103O11P/c1-4-7-10-13-16-19-21-23-24-25-26-28-30-33-36-39-42-45-54(58)65-51(47-61-52(56)43-40-37-34-32-29-27-22-20-17-14-11-8-5-2)49-63-66(59,60)62-48-50(46-55)64-53(57)44-41-38-35-31-18-15-12-9-6-3/h20,22,50-51,55H,4-19,21,23-49H2,1-3H3,(H,59,60)/b22-20-. The fraction of sp³-hybridized carbons (Fsp3) is 0.907. The van der Waals surface area contributed by atoms with E-state index in [0.717, 1.165) is 77.0 Å². The largest absolute Gasteiger partial charge is 0.472 e. The van der Waals surface area contributed by atoms with Crippen molar-refractivity contribution in [1.29, 1.82) is 0 Å². The van der Waals surface area contributed by atoms with E-state index in [4.69, 9.17) is 23.3 Å². The van der Waals surface area contributed by atoms with Gasteiger partial charge >= 0.3 is 25.7 Å². The lowest BCUT2D eigenvalue weighted by Crippen LogP contribution is -2.30. The Kier molecular flexibility index (Phi) is 48.3. The monoisotopic (exact) mass is 959 g/mol.